The second kappa shape index (κ2) is 5.95. The number of aromatic amines is 1. The predicted molar refractivity (Wildman–Crippen MR) is 69.5 cm³/mol. The Labute approximate surface area is 115 Å². The molecule has 2 amide bonds. The second-order valence-corrected chi connectivity index (χ2v) is 4.34. The van der Waals surface area contributed by atoms with Crippen LogP contribution in [-0.4, -0.2) is 40.6 Å². The lowest BCUT2D eigenvalue weighted by molar-refractivity contribution is -0.119. The standard InChI is InChI=1S/C11H15N7O2/c1-7-5-8(9-3-4-12-15-9)10(11(20)14-7)18(2)17-16-13-6-19/h3-4,6-7H,5H2,1-2H3,(H,12,15)(H,14,20)(H,13,17,19). The Kier molecular flexibility index (Phi) is 4.08. The molecule has 3 N–H and O–H groups in total. The highest BCUT2D eigenvalue weighted by atomic mass is 16.2. The van der Waals surface area contributed by atoms with E-state index in [4.69, 9.17) is 0 Å². The fourth-order valence-corrected chi connectivity index (χ4v) is 2.05. The fourth-order valence-electron chi connectivity index (χ4n) is 2.05. The van der Waals surface area contributed by atoms with Gasteiger partial charge in [0.05, 0.1) is 5.69 Å². The van der Waals surface area contributed by atoms with Gasteiger partial charge in [0.1, 0.15) is 5.70 Å². The third-order valence-corrected chi connectivity index (χ3v) is 2.83. The van der Waals surface area contributed by atoms with E-state index in [0.717, 1.165) is 11.3 Å². The van der Waals surface area contributed by atoms with Crippen molar-refractivity contribution in [2.24, 2.45) is 10.4 Å². The highest BCUT2D eigenvalue weighted by molar-refractivity contribution is 6.02. The molecule has 1 unspecified atom stereocenters. The van der Waals surface area contributed by atoms with E-state index in [1.54, 1.807) is 19.3 Å². The first-order chi connectivity index (χ1) is 9.63. The van der Waals surface area contributed by atoms with E-state index < -0.39 is 0 Å². The zero-order valence-electron chi connectivity index (χ0n) is 11.1. The molecule has 0 aromatic carbocycles. The molecule has 1 atom stereocenters. The average molecular weight is 277 g/mol. The summed E-state index contributed by atoms with van der Waals surface area (Å²) in [4.78, 5) is 22.3. The van der Waals surface area contributed by atoms with Crippen LogP contribution in [0.25, 0.3) is 5.57 Å². The summed E-state index contributed by atoms with van der Waals surface area (Å²) in [6, 6.07) is 1.80. The molecule has 1 aromatic rings. The van der Waals surface area contributed by atoms with E-state index in [0.29, 0.717) is 18.5 Å². The van der Waals surface area contributed by atoms with E-state index >= 15 is 0 Å². The molecule has 2 rings (SSSR count). The molecule has 0 bridgehead atoms. The number of likely N-dealkylation sites (N-methyl/N-ethyl adjacent to an activating group) is 1. The third kappa shape index (κ3) is 2.82. The van der Waals surface area contributed by atoms with Crippen molar-refractivity contribution in [1.29, 1.82) is 0 Å². The summed E-state index contributed by atoms with van der Waals surface area (Å²) in [6.45, 7) is 1.92. The quantitative estimate of drug-likeness (QED) is 0.399. The van der Waals surface area contributed by atoms with Crippen LogP contribution in [0.3, 0.4) is 0 Å². The number of hydrogen-bond acceptors (Lipinski definition) is 5. The summed E-state index contributed by atoms with van der Waals surface area (Å²) in [5.74, 6) is -0.249. The maximum atomic E-state index is 12.1. The van der Waals surface area contributed by atoms with Gasteiger partial charge in [-0.3, -0.25) is 14.7 Å². The molecule has 106 valence electrons. The van der Waals surface area contributed by atoms with Crippen molar-refractivity contribution in [3.8, 4) is 0 Å². The molecule has 1 aliphatic rings. The van der Waals surface area contributed by atoms with Crippen LogP contribution in [0, 0.1) is 0 Å². The van der Waals surface area contributed by atoms with Gasteiger partial charge in [0.25, 0.3) is 5.91 Å². The van der Waals surface area contributed by atoms with Crippen molar-refractivity contribution in [1.82, 2.24) is 25.9 Å². The monoisotopic (exact) mass is 277 g/mol. The van der Waals surface area contributed by atoms with Crippen LogP contribution < -0.4 is 10.7 Å². The van der Waals surface area contributed by atoms with Gasteiger partial charge < -0.3 is 5.32 Å². The van der Waals surface area contributed by atoms with Gasteiger partial charge in [0, 0.05) is 24.9 Å². The number of amides is 2. The third-order valence-electron chi connectivity index (χ3n) is 2.83. The van der Waals surface area contributed by atoms with Crippen molar-refractivity contribution in [2.45, 2.75) is 19.4 Å². The number of carbonyl (C=O) groups is 2. The molecule has 0 saturated heterocycles. The van der Waals surface area contributed by atoms with Crippen molar-refractivity contribution in [3.05, 3.63) is 23.7 Å². The molecule has 9 nitrogen and oxygen atoms in total. The van der Waals surface area contributed by atoms with Crippen molar-refractivity contribution >= 4 is 17.9 Å². The number of nitrogens with zero attached hydrogens (tertiary/aromatic N) is 4. The van der Waals surface area contributed by atoms with Gasteiger partial charge in [0.15, 0.2) is 0 Å². The van der Waals surface area contributed by atoms with Gasteiger partial charge >= 0.3 is 0 Å². The maximum Gasteiger partial charge on any atom is 0.270 e. The highest BCUT2D eigenvalue weighted by Crippen LogP contribution is 2.27. The zero-order chi connectivity index (χ0) is 14.5. The molecular weight excluding hydrogens is 262 g/mol. The summed E-state index contributed by atoms with van der Waals surface area (Å²) >= 11 is 0. The van der Waals surface area contributed by atoms with Crippen LogP contribution in [-0.2, 0) is 9.59 Å². The Morgan fingerprint density at radius 3 is 3.05 bits per heavy atom. The Morgan fingerprint density at radius 1 is 1.60 bits per heavy atom. The molecule has 0 spiro atoms. The summed E-state index contributed by atoms with van der Waals surface area (Å²) < 4.78 is 0. The molecule has 2 heterocycles. The summed E-state index contributed by atoms with van der Waals surface area (Å²) in [5, 5.41) is 18.0. The first-order valence-electron chi connectivity index (χ1n) is 6.00. The number of carbonyl (C=O) groups excluding carboxylic acids is 2. The molecule has 1 aromatic heterocycles. The molecule has 9 heteroatoms. The van der Waals surface area contributed by atoms with E-state index in [1.165, 1.54) is 5.01 Å². The number of H-pyrrole nitrogens is 1. The van der Waals surface area contributed by atoms with E-state index in [-0.39, 0.29) is 11.9 Å². The Morgan fingerprint density at radius 2 is 2.40 bits per heavy atom. The van der Waals surface area contributed by atoms with Gasteiger partial charge in [-0.15, -0.1) is 0 Å². The number of rotatable bonds is 5. The second-order valence-electron chi connectivity index (χ2n) is 4.34. The SMILES string of the molecule is CC1CC(c2ccn[nH]2)=C(N(C)/N=N\NC=O)C(=O)N1. The van der Waals surface area contributed by atoms with Crippen molar-refractivity contribution < 1.29 is 9.59 Å². The van der Waals surface area contributed by atoms with Gasteiger partial charge in [-0.2, -0.15) is 5.10 Å². The van der Waals surface area contributed by atoms with Crippen LogP contribution in [0.15, 0.2) is 28.4 Å². The van der Waals surface area contributed by atoms with Crippen molar-refractivity contribution in [2.75, 3.05) is 7.05 Å². The molecule has 20 heavy (non-hydrogen) atoms. The smallest absolute Gasteiger partial charge is 0.270 e. The predicted octanol–water partition coefficient (Wildman–Crippen LogP) is -0.0108. The Balaban J connectivity index is 2.38. The van der Waals surface area contributed by atoms with Crippen LogP contribution in [0.4, 0.5) is 0 Å². The molecule has 1 aliphatic heterocycles. The lowest BCUT2D eigenvalue weighted by atomic mass is 9.97. The molecule has 0 fully saturated rings. The van der Waals surface area contributed by atoms with Crippen LogP contribution in [0.1, 0.15) is 19.0 Å². The molecule has 0 saturated carbocycles. The largest absolute Gasteiger partial charge is 0.348 e. The minimum atomic E-state index is -0.249. The Bertz CT molecular complexity index is 549. The first-order valence-corrected chi connectivity index (χ1v) is 6.00. The zero-order valence-corrected chi connectivity index (χ0v) is 11.1. The maximum absolute atomic E-state index is 12.1. The number of aromatic nitrogens is 2. The number of nitrogens with one attached hydrogen (secondary N) is 3. The topological polar surface area (TPSA) is 115 Å². The van der Waals surface area contributed by atoms with Gasteiger partial charge in [-0.05, 0) is 29.9 Å². The van der Waals surface area contributed by atoms with Crippen LogP contribution in [0.2, 0.25) is 0 Å². The summed E-state index contributed by atoms with van der Waals surface area (Å²) in [6.07, 6.45) is 2.65. The van der Waals surface area contributed by atoms with Gasteiger partial charge in [-0.1, -0.05) is 0 Å². The van der Waals surface area contributed by atoms with Crippen molar-refractivity contribution in [3.63, 3.8) is 0 Å². The number of hydrogen-bond donors (Lipinski definition) is 3. The summed E-state index contributed by atoms with van der Waals surface area (Å²) in [5.41, 5.74) is 3.97. The van der Waals surface area contributed by atoms with Gasteiger partial charge in [-0.25, -0.2) is 10.4 Å². The van der Waals surface area contributed by atoms with E-state index in [2.05, 4.69) is 31.4 Å². The first kappa shape index (κ1) is 13.7. The van der Waals surface area contributed by atoms with Crippen LogP contribution in [0.5, 0.6) is 0 Å². The normalized spacial score (nSPS) is 19.1. The average Bonchev–Trinajstić information content (AvgIpc) is 2.91. The molecule has 0 radical (unpaired) electrons. The lowest BCUT2D eigenvalue weighted by Crippen LogP contribution is -2.41. The highest BCUT2D eigenvalue weighted by Gasteiger charge is 2.28. The van der Waals surface area contributed by atoms with E-state index in [1.807, 2.05) is 6.92 Å². The molecular formula is C11H15N7O2. The Hall–Kier alpha value is -2.71. The van der Waals surface area contributed by atoms with Gasteiger partial charge in [0.2, 0.25) is 6.41 Å². The minimum absolute atomic E-state index is 0.0167. The fraction of sp³-hybridized carbons (Fsp3) is 0.364. The lowest BCUT2D eigenvalue weighted by Gasteiger charge is -2.27. The minimum Gasteiger partial charge on any atom is -0.348 e. The van der Waals surface area contributed by atoms with Crippen LogP contribution >= 0.6 is 0 Å². The molecule has 0 aliphatic carbocycles. The van der Waals surface area contributed by atoms with E-state index in [9.17, 15) is 9.59 Å². The summed E-state index contributed by atoms with van der Waals surface area (Å²) in [7, 11) is 1.58.